The molecular weight excluding hydrogens is 356 g/mol. The fourth-order valence-electron chi connectivity index (χ4n) is 1.97. The Morgan fingerprint density at radius 1 is 1.17 bits per heavy atom. The molecule has 24 heavy (non-hydrogen) atoms. The first-order valence-electron chi connectivity index (χ1n) is 6.85. The van der Waals surface area contributed by atoms with Crippen molar-refractivity contribution in [3.05, 3.63) is 64.2 Å². The Labute approximate surface area is 146 Å². The van der Waals surface area contributed by atoms with Crippen molar-refractivity contribution in [2.45, 2.75) is 6.42 Å². The molecule has 3 aromatic rings. The van der Waals surface area contributed by atoms with Crippen molar-refractivity contribution >= 4 is 34.8 Å². The van der Waals surface area contributed by atoms with Gasteiger partial charge in [0, 0.05) is 5.56 Å². The average Bonchev–Trinajstić information content (AvgIpc) is 3.01. The second-order valence-corrected chi connectivity index (χ2v) is 5.63. The Balaban J connectivity index is 1.69. The third-order valence-electron chi connectivity index (χ3n) is 3.10. The van der Waals surface area contributed by atoms with Gasteiger partial charge in [0.25, 0.3) is 5.89 Å². The van der Waals surface area contributed by atoms with Gasteiger partial charge in [-0.15, -0.1) is 0 Å². The molecular formula is C16H10Cl2FN3O2. The molecule has 2 aromatic carbocycles. The number of hydrogen-bond acceptors (Lipinski definition) is 4. The average molecular weight is 366 g/mol. The molecule has 1 amide bonds. The van der Waals surface area contributed by atoms with E-state index >= 15 is 0 Å². The Morgan fingerprint density at radius 2 is 1.92 bits per heavy atom. The van der Waals surface area contributed by atoms with Gasteiger partial charge >= 0.3 is 0 Å². The lowest BCUT2D eigenvalue weighted by atomic mass is 10.2. The lowest BCUT2D eigenvalue weighted by Gasteiger charge is -2.06. The van der Waals surface area contributed by atoms with Crippen LogP contribution in [0.2, 0.25) is 10.0 Å². The lowest BCUT2D eigenvalue weighted by molar-refractivity contribution is -0.115. The highest BCUT2D eigenvalue weighted by molar-refractivity contribution is 6.43. The minimum Gasteiger partial charge on any atom is -0.334 e. The molecule has 0 aliphatic heterocycles. The van der Waals surface area contributed by atoms with Gasteiger partial charge in [-0.1, -0.05) is 34.4 Å². The van der Waals surface area contributed by atoms with E-state index in [1.165, 1.54) is 24.3 Å². The maximum atomic E-state index is 12.9. The van der Waals surface area contributed by atoms with Crippen LogP contribution in [0.25, 0.3) is 11.5 Å². The topological polar surface area (TPSA) is 68.0 Å². The van der Waals surface area contributed by atoms with E-state index in [0.717, 1.165) is 0 Å². The van der Waals surface area contributed by atoms with Gasteiger partial charge < -0.3 is 9.84 Å². The predicted molar refractivity (Wildman–Crippen MR) is 88.5 cm³/mol. The number of hydrogen-bond donors (Lipinski definition) is 1. The summed E-state index contributed by atoms with van der Waals surface area (Å²) in [6.45, 7) is 0. The van der Waals surface area contributed by atoms with Crippen LogP contribution in [0.5, 0.6) is 0 Å². The third kappa shape index (κ3) is 3.72. The fourth-order valence-corrected chi connectivity index (χ4v) is 2.32. The van der Waals surface area contributed by atoms with Gasteiger partial charge in [-0.2, -0.15) is 4.98 Å². The maximum Gasteiger partial charge on any atom is 0.257 e. The number of nitrogens with zero attached hydrogens (tertiary/aromatic N) is 2. The number of nitrogens with one attached hydrogen (secondary N) is 1. The summed E-state index contributed by atoms with van der Waals surface area (Å²) >= 11 is 11.9. The number of carbonyl (C=O) groups excluding carboxylic acids is 1. The minimum atomic E-state index is -0.370. The molecule has 1 heterocycles. The summed E-state index contributed by atoms with van der Waals surface area (Å²) in [7, 11) is 0. The summed E-state index contributed by atoms with van der Waals surface area (Å²) in [6.07, 6.45) is -0.104. The zero-order valence-electron chi connectivity index (χ0n) is 12.1. The first-order chi connectivity index (χ1) is 11.5. The van der Waals surface area contributed by atoms with Gasteiger partial charge in [0.1, 0.15) is 5.82 Å². The summed E-state index contributed by atoms with van der Waals surface area (Å²) < 4.78 is 18.0. The molecule has 0 aliphatic carbocycles. The number of anilines is 1. The molecule has 5 nitrogen and oxygen atoms in total. The summed E-state index contributed by atoms with van der Waals surface area (Å²) in [6, 6.07) is 10.5. The van der Waals surface area contributed by atoms with Crippen molar-refractivity contribution in [2.24, 2.45) is 0 Å². The number of halogens is 3. The van der Waals surface area contributed by atoms with Gasteiger partial charge in [-0.05, 0) is 36.4 Å². The van der Waals surface area contributed by atoms with Gasteiger partial charge in [0.2, 0.25) is 5.91 Å². The smallest absolute Gasteiger partial charge is 0.257 e. The van der Waals surface area contributed by atoms with Crippen molar-refractivity contribution in [1.29, 1.82) is 0 Å². The molecule has 122 valence electrons. The van der Waals surface area contributed by atoms with Crippen LogP contribution in [-0.4, -0.2) is 16.0 Å². The van der Waals surface area contributed by atoms with Crippen LogP contribution in [0.3, 0.4) is 0 Å². The van der Waals surface area contributed by atoms with Gasteiger partial charge in [0.05, 0.1) is 22.2 Å². The SMILES string of the molecule is O=C(Cc1noc(-c2ccc(F)cc2)n1)Nc1cccc(Cl)c1Cl. The standard InChI is InChI=1S/C16H10Cl2FN3O2/c17-11-2-1-3-12(15(11)18)20-14(23)8-13-21-16(24-22-13)9-4-6-10(19)7-5-9/h1-7H,8H2,(H,20,23). The molecule has 0 radical (unpaired) electrons. The lowest BCUT2D eigenvalue weighted by Crippen LogP contribution is -2.15. The monoisotopic (exact) mass is 365 g/mol. The summed E-state index contributed by atoms with van der Waals surface area (Å²) in [5.74, 6) is -0.328. The van der Waals surface area contributed by atoms with Crippen molar-refractivity contribution < 1.29 is 13.7 Å². The molecule has 1 aromatic heterocycles. The van der Waals surface area contributed by atoms with Gasteiger partial charge in [-0.25, -0.2) is 4.39 Å². The second kappa shape index (κ2) is 6.98. The van der Waals surface area contributed by atoms with Crippen molar-refractivity contribution in [1.82, 2.24) is 10.1 Å². The Hall–Kier alpha value is -2.44. The van der Waals surface area contributed by atoms with Crippen molar-refractivity contribution in [3.8, 4) is 11.5 Å². The van der Waals surface area contributed by atoms with Crippen LogP contribution in [0.15, 0.2) is 47.0 Å². The number of benzene rings is 2. The van der Waals surface area contributed by atoms with E-state index in [0.29, 0.717) is 16.3 Å². The van der Waals surface area contributed by atoms with Crippen LogP contribution in [0.1, 0.15) is 5.82 Å². The van der Waals surface area contributed by atoms with E-state index in [4.69, 9.17) is 27.7 Å². The molecule has 0 saturated heterocycles. The van der Waals surface area contributed by atoms with E-state index in [1.54, 1.807) is 18.2 Å². The maximum absolute atomic E-state index is 12.9. The normalized spacial score (nSPS) is 10.6. The van der Waals surface area contributed by atoms with Crippen LogP contribution < -0.4 is 5.32 Å². The molecule has 3 rings (SSSR count). The Bertz CT molecular complexity index is 881. The molecule has 0 bridgehead atoms. The highest BCUT2D eigenvalue weighted by atomic mass is 35.5. The van der Waals surface area contributed by atoms with E-state index in [-0.39, 0.29) is 34.9 Å². The zero-order valence-corrected chi connectivity index (χ0v) is 13.6. The Morgan fingerprint density at radius 3 is 2.67 bits per heavy atom. The third-order valence-corrected chi connectivity index (χ3v) is 3.92. The summed E-state index contributed by atoms with van der Waals surface area (Å²) in [5, 5.41) is 6.96. The molecule has 0 atom stereocenters. The van der Waals surface area contributed by atoms with Crippen LogP contribution in [-0.2, 0) is 11.2 Å². The van der Waals surface area contributed by atoms with E-state index in [1.807, 2.05) is 0 Å². The molecule has 0 aliphatic rings. The number of carbonyl (C=O) groups is 1. The van der Waals surface area contributed by atoms with Gasteiger partial charge in [0.15, 0.2) is 5.82 Å². The van der Waals surface area contributed by atoms with Crippen LogP contribution in [0, 0.1) is 5.82 Å². The molecule has 8 heteroatoms. The van der Waals surface area contributed by atoms with Gasteiger partial charge in [-0.3, -0.25) is 4.79 Å². The largest absolute Gasteiger partial charge is 0.334 e. The molecule has 0 fully saturated rings. The second-order valence-electron chi connectivity index (χ2n) is 4.85. The Kier molecular flexibility index (Phi) is 4.78. The first kappa shape index (κ1) is 16.4. The molecule has 0 spiro atoms. The molecule has 1 N–H and O–H groups in total. The van der Waals surface area contributed by atoms with E-state index in [2.05, 4.69) is 15.5 Å². The van der Waals surface area contributed by atoms with Crippen molar-refractivity contribution in [2.75, 3.05) is 5.32 Å². The first-order valence-corrected chi connectivity index (χ1v) is 7.61. The fraction of sp³-hybridized carbons (Fsp3) is 0.0625. The molecule has 0 saturated carbocycles. The van der Waals surface area contributed by atoms with Crippen molar-refractivity contribution in [3.63, 3.8) is 0 Å². The summed E-state index contributed by atoms with van der Waals surface area (Å²) in [4.78, 5) is 16.2. The van der Waals surface area contributed by atoms with E-state index < -0.39 is 0 Å². The highest BCUT2D eigenvalue weighted by Crippen LogP contribution is 2.29. The summed E-state index contributed by atoms with van der Waals surface area (Å²) in [5.41, 5.74) is 0.963. The minimum absolute atomic E-state index is 0.104. The molecule has 0 unspecified atom stereocenters. The number of rotatable bonds is 4. The quantitative estimate of drug-likeness (QED) is 0.745. The van der Waals surface area contributed by atoms with Crippen LogP contribution in [0.4, 0.5) is 10.1 Å². The highest BCUT2D eigenvalue weighted by Gasteiger charge is 2.14. The number of aromatic nitrogens is 2. The zero-order chi connectivity index (χ0) is 17.1. The van der Waals surface area contributed by atoms with E-state index in [9.17, 15) is 9.18 Å². The van der Waals surface area contributed by atoms with Crippen LogP contribution >= 0.6 is 23.2 Å². The number of amides is 1. The predicted octanol–water partition coefficient (Wildman–Crippen LogP) is 4.36.